The summed E-state index contributed by atoms with van der Waals surface area (Å²) in [7, 11) is -2.84. The second-order valence-electron chi connectivity index (χ2n) is 4.06. The van der Waals surface area contributed by atoms with Crippen LogP contribution in [0.2, 0.25) is 0 Å². The second kappa shape index (κ2) is 6.01. The van der Waals surface area contributed by atoms with E-state index in [1.54, 1.807) is 0 Å². The van der Waals surface area contributed by atoms with Crippen LogP contribution in [0.3, 0.4) is 0 Å². The molecular formula is C12H19NO2S. The van der Waals surface area contributed by atoms with E-state index in [0.29, 0.717) is 6.54 Å². The van der Waals surface area contributed by atoms with E-state index in [-0.39, 0.29) is 5.75 Å². The Hall–Kier alpha value is -0.870. The summed E-state index contributed by atoms with van der Waals surface area (Å²) in [6.07, 6.45) is 2.20. The lowest BCUT2D eigenvalue weighted by atomic mass is 10.1. The zero-order valence-electron chi connectivity index (χ0n) is 9.86. The topological polar surface area (TPSA) is 46.2 Å². The molecule has 90 valence electrons. The summed E-state index contributed by atoms with van der Waals surface area (Å²) < 4.78 is 21.8. The van der Waals surface area contributed by atoms with Crippen molar-refractivity contribution in [1.82, 2.24) is 5.32 Å². The molecule has 0 aromatic heterocycles. The van der Waals surface area contributed by atoms with Gasteiger partial charge in [-0.25, -0.2) is 8.42 Å². The number of sulfone groups is 1. The number of hydrogen-bond acceptors (Lipinski definition) is 3. The summed E-state index contributed by atoms with van der Waals surface area (Å²) in [6.45, 7) is 3.44. The third-order valence-corrected chi connectivity index (χ3v) is 3.43. The van der Waals surface area contributed by atoms with Gasteiger partial charge in [-0.05, 0) is 31.0 Å². The molecule has 1 aromatic carbocycles. The Morgan fingerprint density at radius 1 is 1.19 bits per heavy atom. The van der Waals surface area contributed by atoms with Crippen LogP contribution in [-0.4, -0.2) is 33.5 Å². The van der Waals surface area contributed by atoms with Crippen molar-refractivity contribution in [3.8, 4) is 0 Å². The van der Waals surface area contributed by atoms with Crippen molar-refractivity contribution >= 4 is 9.84 Å². The van der Waals surface area contributed by atoms with Crippen LogP contribution < -0.4 is 5.32 Å². The molecule has 1 N–H and O–H groups in total. The van der Waals surface area contributed by atoms with Crippen LogP contribution in [0.1, 0.15) is 11.1 Å². The number of aryl methyl sites for hydroxylation is 1. The molecule has 0 unspecified atom stereocenters. The molecule has 0 heterocycles. The lowest BCUT2D eigenvalue weighted by Crippen LogP contribution is -2.24. The van der Waals surface area contributed by atoms with E-state index < -0.39 is 9.84 Å². The van der Waals surface area contributed by atoms with Crippen molar-refractivity contribution in [3.63, 3.8) is 0 Å². The summed E-state index contributed by atoms with van der Waals surface area (Å²) in [6, 6.07) is 8.24. The van der Waals surface area contributed by atoms with Crippen molar-refractivity contribution in [2.75, 3.05) is 25.1 Å². The van der Waals surface area contributed by atoms with Crippen LogP contribution in [0.15, 0.2) is 24.3 Å². The van der Waals surface area contributed by atoms with E-state index in [1.165, 1.54) is 17.4 Å². The van der Waals surface area contributed by atoms with E-state index in [1.807, 2.05) is 12.1 Å². The third kappa shape index (κ3) is 5.28. The number of nitrogens with one attached hydrogen (secondary N) is 1. The SMILES string of the molecule is Cc1ccccc1CCNCCS(C)(=O)=O. The average Bonchev–Trinajstić information content (AvgIpc) is 2.18. The zero-order valence-corrected chi connectivity index (χ0v) is 10.7. The molecule has 0 aliphatic rings. The van der Waals surface area contributed by atoms with Crippen LogP contribution >= 0.6 is 0 Å². The smallest absolute Gasteiger partial charge is 0.148 e. The Labute approximate surface area is 97.8 Å². The fraction of sp³-hybridized carbons (Fsp3) is 0.500. The maximum Gasteiger partial charge on any atom is 0.148 e. The van der Waals surface area contributed by atoms with E-state index in [0.717, 1.165) is 13.0 Å². The molecule has 0 saturated carbocycles. The van der Waals surface area contributed by atoms with Gasteiger partial charge in [0.25, 0.3) is 0 Å². The predicted molar refractivity (Wildman–Crippen MR) is 67.5 cm³/mol. The Morgan fingerprint density at radius 3 is 2.50 bits per heavy atom. The summed E-state index contributed by atoms with van der Waals surface area (Å²) in [4.78, 5) is 0. The van der Waals surface area contributed by atoms with Crippen LogP contribution in [0.4, 0.5) is 0 Å². The van der Waals surface area contributed by atoms with Gasteiger partial charge in [0.2, 0.25) is 0 Å². The first-order chi connectivity index (χ1) is 7.49. The monoisotopic (exact) mass is 241 g/mol. The molecular weight excluding hydrogens is 222 g/mol. The molecule has 1 rings (SSSR count). The van der Waals surface area contributed by atoms with Gasteiger partial charge in [0.15, 0.2) is 0 Å². The zero-order chi connectivity index (χ0) is 12.0. The molecule has 0 amide bonds. The summed E-state index contributed by atoms with van der Waals surface area (Å²) in [5.41, 5.74) is 2.60. The maximum atomic E-state index is 10.9. The van der Waals surface area contributed by atoms with E-state index in [2.05, 4.69) is 24.4 Å². The van der Waals surface area contributed by atoms with Gasteiger partial charge in [0.1, 0.15) is 9.84 Å². The molecule has 0 aliphatic carbocycles. The van der Waals surface area contributed by atoms with Crippen LogP contribution in [0.25, 0.3) is 0 Å². The molecule has 16 heavy (non-hydrogen) atoms. The van der Waals surface area contributed by atoms with Gasteiger partial charge in [-0.15, -0.1) is 0 Å². The highest BCUT2D eigenvalue weighted by molar-refractivity contribution is 7.90. The van der Waals surface area contributed by atoms with Crippen molar-refractivity contribution in [3.05, 3.63) is 35.4 Å². The normalized spacial score (nSPS) is 11.6. The number of benzene rings is 1. The highest BCUT2D eigenvalue weighted by atomic mass is 32.2. The van der Waals surface area contributed by atoms with Gasteiger partial charge in [-0.2, -0.15) is 0 Å². The fourth-order valence-corrected chi connectivity index (χ4v) is 2.01. The minimum Gasteiger partial charge on any atom is -0.315 e. The van der Waals surface area contributed by atoms with Gasteiger partial charge in [-0.1, -0.05) is 24.3 Å². The van der Waals surface area contributed by atoms with Crippen LogP contribution in [0.5, 0.6) is 0 Å². The molecule has 0 aliphatic heterocycles. The molecule has 0 atom stereocenters. The molecule has 4 heteroatoms. The van der Waals surface area contributed by atoms with E-state index in [9.17, 15) is 8.42 Å². The number of rotatable bonds is 6. The highest BCUT2D eigenvalue weighted by Crippen LogP contribution is 2.06. The summed E-state index contributed by atoms with van der Waals surface area (Å²) in [5.74, 6) is 0.209. The van der Waals surface area contributed by atoms with E-state index in [4.69, 9.17) is 0 Å². The molecule has 1 aromatic rings. The first-order valence-corrected chi connectivity index (χ1v) is 7.48. The quantitative estimate of drug-likeness (QED) is 0.761. The lowest BCUT2D eigenvalue weighted by Gasteiger charge is -2.06. The lowest BCUT2D eigenvalue weighted by molar-refractivity contribution is 0.596. The molecule has 0 saturated heterocycles. The van der Waals surface area contributed by atoms with Crippen molar-refractivity contribution in [2.24, 2.45) is 0 Å². The third-order valence-electron chi connectivity index (χ3n) is 2.48. The first kappa shape index (κ1) is 13.2. The second-order valence-corrected chi connectivity index (χ2v) is 6.32. The largest absolute Gasteiger partial charge is 0.315 e. The Balaban J connectivity index is 2.24. The van der Waals surface area contributed by atoms with Gasteiger partial charge < -0.3 is 5.32 Å². The molecule has 0 spiro atoms. The highest BCUT2D eigenvalue weighted by Gasteiger charge is 2.01. The Kier molecular flexibility index (Phi) is 4.96. The van der Waals surface area contributed by atoms with Crippen LogP contribution in [-0.2, 0) is 16.3 Å². The predicted octanol–water partition coefficient (Wildman–Crippen LogP) is 1.17. The van der Waals surface area contributed by atoms with Crippen molar-refractivity contribution in [1.29, 1.82) is 0 Å². The first-order valence-electron chi connectivity index (χ1n) is 5.42. The van der Waals surface area contributed by atoms with Crippen molar-refractivity contribution in [2.45, 2.75) is 13.3 Å². The van der Waals surface area contributed by atoms with Gasteiger partial charge in [0, 0.05) is 12.8 Å². The summed E-state index contributed by atoms with van der Waals surface area (Å²) in [5, 5.41) is 3.14. The van der Waals surface area contributed by atoms with Gasteiger partial charge >= 0.3 is 0 Å². The molecule has 0 bridgehead atoms. The van der Waals surface area contributed by atoms with Crippen molar-refractivity contribution < 1.29 is 8.42 Å². The van der Waals surface area contributed by atoms with Gasteiger partial charge in [0.05, 0.1) is 5.75 Å². The summed E-state index contributed by atoms with van der Waals surface area (Å²) >= 11 is 0. The van der Waals surface area contributed by atoms with Crippen LogP contribution in [0, 0.1) is 6.92 Å². The molecule has 0 fully saturated rings. The minimum atomic E-state index is -2.84. The number of hydrogen-bond donors (Lipinski definition) is 1. The maximum absolute atomic E-state index is 10.9. The Bertz CT molecular complexity index is 426. The van der Waals surface area contributed by atoms with E-state index >= 15 is 0 Å². The standard InChI is InChI=1S/C12H19NO2S/c1-11-5-3-4-6-12(11)7-8-13-9-10-16(2,14)15/h3-6,13H,7-10H2,1-2H3. The average molecular weight is 241 g/mol. The Morgan fingerprint density at radius 2 is 1.88 bits per heavy atom. The van der Waals surface area contributed by atoms with Gasteiger partial charge in [-0.3, -0.25) is 0 Å². The fourth-order valence-electron chi connectivity index (χ4n) is 1.50. The molecule has 3 nitrogen and oxygen atoms in total. The molecule has 0 radical (unpaired) electrons. The minimum absolute atomic E-state index is 0.209.